The van der Waals surface area contributed by atoms with E-state index in [2.05, 4.69) is 4.98 Å². The van der Waals surface area contributed by atoms with Gasteiger partial charge in [0.2, 0.25) is 0 Å². The second kappa shape index (κ2) is 5.18. The van der Waals surface area contributed by atoms with Gasteiger partial charge < -0.3 is 4.55 Å². The maximum Gasteiger partial charge on any atom is 1.00 e. The van der Waals surface area contributed by atoms with Gasteiger partial charge in [-0.1, -0.05) is 29.0 Å². The number of halogens is 1. The Labute approximate surface area is 123 Å². The molecule has 0 aliphatic rings. The van der Waals surface area contributed by atoms with E-state index < -0.39 is 10.3 Å². The number of rotatable bonds is 2. The van der Waals surface area contributed by atoms with Gasteiger partial charge in [0.05, 0.1) is 9.72 Å². The molecule has 1 aromatic carbocycles. The standard InChI is InChI=1S/C7H5ClN2O3S2.Na/c8-4-2-1-3-5-6(4)9-7(14-5)10-15(11,12)13;/h1-3H,(H,9,10)(H,11,12,13);/q;+1/p-1. The van der Waals surface area contributed by atoms with E-state index in [4.69, 9.17) is 11.6 Å². The van der Waals surface area contributed by atoms with Crippen LogP contribution in [-0.4, -0.2) is 18.0 Å². The van der Waals surface area contributed by atoms with Crippen LogP contribution in [-0.2, 0) is 10.3 Å². The van der Waals surface area contributed by atoms with E-state index in [-0.39, 0.29) is 34.7 Å². The average Bonchev–Trinajstić information content (AvgIpc) is 2.45. The SMILES string of the molecule is O=S(=O)([O-])Nc1nc2c(Cl)cccc2s1.[Na+]. The number of fused-ring (bicyclic) bond motifs is 1. The molecule has 0 saturated heterocycles. The topological polar surface area (TPSA) is 82.1 Å². The molecule has 1 heterocycles. The van der Waals surface area contributed by atoms with E-state index >= 15 is 0 Å². The fraction of sp³-hybridized carbons (Fsp3) is 0. The van der Waals surface area contributed by atoms with Crippen LogP contribution in [0.15, 0.2) is 18.2 Å². The molecule has 5 nitrogen and oxygen atoms in total. The van der Waals surface area contributed by atoms with Crippen LogP contribution in [0.3, 0.4) is 0 Å². The molecule has 0 fully saturated rings. The summed E-state index contributed by atoms with van der Waals surface area (Å²) in [6.45, 7) is 0. The zero-order valence-corrected chi connectivity index (χ0v) is 12.5. The quantitative estimate of drug-likeness (QED) is 0.557. The summed E-state index contributed by atoms with van der Waals surface area (Å²) >= 11 is 6.88. The summed E-state index contributed by atoms with van der Waals surface area (Å²) < 4.78 is 33.8. The van der Waals surface area contributed by atoms with Crippen LogP contribution >= 0.6 is 22.9 Å². The molecule has 0 amide bonds. The predicted octanol–water partition coefficient (Wildman–Crippen LogP) is -1.17. The maximum absolute atomic E-state index is 10.4. The predicted molar refractivity (Wildman–Crippen MR) is 57.9 cm³/mol. The summed E-state index contributed by atoms with van der Waals surface area (Å²) in [5.74, 6) is 0. The number of nitrogens with one attached hydrogen (secondary N) is 1. The normalized spacial score (nSPS) is 11.1. The number of thiazole rings is 1. The molecule has 0 spiro atoms. The first-order chi connectivity index (χ1) is 6.96. The van der Waals surface area contributed by atoms with E-state index in [1.165, 1.54) is 0 Å². The Morgan fingerprint density at radius 3 is 2.69 bits per heavy atom. The number of benzene rings is 1. The Bertz CT molecular complexity index is 613. The van der Waals surface area contributed by atoms with Crippen LogP contribution in [0.4, 0.5) is 5.13 Å². The van der Waals surface area contributed by atoms with Gasteiger partial charge in [-0.2, -0.15) is 0 Å². The minimum atomic E-state index is -4.53. The molecular formula is C7H4ClN2NaO3S2. The molecule has 0 aliphatic heterocycles. The van der Waals surface area contributed by atoms with E-state index in [0.29, 0.717) is 15.2 Å². The van der Waals surface area contributed by atoms with Gasteiger partial charge in [0.25, 0.3) is 0 Å². The third kappa shape index (κ3) is 3.30. The van der Waals surface area contributed by atoms with Crippen LogP contribution in [0.5, 0.6) is 0 Å². The van der Waals surface area contributed by atoms with Crippen LogP contribution in [0.25, 0.3) is 10.2 Å². The van der Waals surface area contributed by atoms with E-state index in [1.807, 2.05) is 0 Å². The number of aromatic nitrogens is 1. The third-order valence-electron chi connectivity index (χ3n) is 1.58. The average molecular weight is 287 g/mol. The molecule has 0 unspecified atom stereocenters. The molecule has 1 aromatic heterocycles. The van der Waals surface area contributed by atoms with Crippen LogP contribution in [0.1, 0.15) is 0 Å². The van der Waals surface area contributed by atoms with Gasteiger partial charge in [0.15, 0.2) is 15.4 Å². The van der Waals surface area contributed by atoms with Crippen molar-refractivity contribution >= 4 is 48.6 Å². The Morgan fingerprint density at radius 1 is 1.44 bits per heavy atom. The molecule has 2 rings (SSSR count). The Morgan fingerprint density at radius 2 is 2.12 bits per heavy atom. The van der Waals surface area contributed by atoms with Crippen LogP contribution in [0.2, 0.25) is 5.02 Å². The fourth-order valence-corrected chi connectivity index (χ4v) is 2.81. The molecule has 0 aliphatic carbocycles. The second-order valence-corrected chi connectivity index (χ2v) is 5.21. The number of hydrogen-bond donors (Lipinski definition) is 1. The summed E-state index contributed by atoms with van der Waals surface area (Å²) in [5.41, 5.74) is 0.482. The van der Waals surface area contributed by atoms with Gasteiger partial charge in [-0.05, 0) is 12.1 Å². The first kappa shape index (κ1) is 14.2. The van der Waals surface area contributed by atoms with Gasteiger partial charge in [-0.3, -0.25) is 4.72 Å². The Hall–Kier alpha value is 0.110. The number of para-hydroxylation sites is 1. The van der Waals surface area contributed by atoms with Crippen molar-refractivity contribution in [1.82, 2.24) is 4.98 Å². The molecule has 80 valence electrons. The largest absolute Gasteiger partial charge is 1.00 e. The smallest absolute Gasteiger partial charge is 0.731 e. The van der Waals surface area contributed by atoms with Gasteiger partial charge >= 0.3 is 29.6 Å². The summed E-state index contributed by atoms with van der Waals surface area (Å²) in [4.78, 5) is 3.89. The summed E-state index contributed by atoms with van der Waals surface area (Å²) in [7, 11) is -4.53. The molecule has 0 radical (unpaired) electrons. The molecule has 16 heavy (non-hydrogen) atoms. The minimum Gasteiger partial charge on any atom is -0.731 e. The molecule has 9 heteroatoms. The third-order valence-corrected chi connectivity index (χ3v) is 3.40. The van der Waals surface area contributed by atoms with Gasteiger partial charge in [0.1, 0.15) is 5.52 Å². The molecule has 0 bridgehead atoms. The van der Waals surface area contributed by atoms with Crippen molar-refractivity contribution in [2.24, 2.45) is 0 Å². The van der Waals surface area contributed by atoms with Crippen molar-refractivity contribution in [2.45, 2.75) is 0 Å². The zero-order chi connectivity index (χ0) is 11.1. The molecule has 2 aromatic rings. The monoisotopic (exact) mass is 286 g/mol. The van der Waals surface area contributed by atoms with E-state index in [1.54, 1.807) is 22.9 Å². The van der Waals surface area contributed by atoms with Gasteiger partial charge in [0, 0.05) is 0 Å². The second-order valence-electron chi connectivity index (χ2n) is 2.66. The first-order valence-electron chi connectivity index (χ1n) is 3.74. The number of anilines is 1. The fourth-order valence-electron chi connectivity index (χ4n) is 1.07. The van der Waals surface area contributed by atoms with Gasteiger partial charge in [-0.25, -0.2) is 13.4 Å². The van der Waals surface area contributed by atoms with Crippen molar-refractivity contribution in [3.05, 3.63) is 23.2 Å². The van der Waals surface area contributed by atoms with Gasteiger partial charge in [-0.15, -0.1) is 0 Å². The Balaban J connectivity index is 0.00000128. The Kier molecular flexibility index (Phi) is 4.58. The van der Waals surface area contributed by atoms with Crippen molar-refractivity contribution in [2.75, 3.05) is 4.72 Å². The van der Waals surface area contributed by atoms with E-state index in [9.17, 15) is 13.0 Å². The molecular weight excluding hydrogens is 283 g/mol. The summed E-state index contributed by atoms with van der Waals surface area (Å²) in [6, 6.07) is 5.10. The first-order valence-corrected chi connectivity index (χ1v) is 6.35. The number of nitrogens with zero attached hydrogens (tertiary/aromatic N) is 1. The van der Waals surface area contributed by atoms with Crippen molar-refractivity contribution < 1.29 is 42.5 Å². The maximum atomic E-state index is 10.4. The molecule has 0 saturated carbocycles. The molecule has 1 N–H and O–H groups in total. The minimum absolute atomic E-state index is 0. The summed E-state index contributed by atoms with van der Waals surface area (Å²) in [5, 5.41) is 0.438. The van der Waals surface area contributed by atoms with Crippen LogP contribution in [0, 0.1) is 0 Å². The van der Waals surface area contributed by atoms with Crippen molar-refractivity contribution in [3.8, 4) is 0 Å². The van der Waals surface area contributed by atoms with E-state index in [0.717, 1.165) is 11.3 Å². The summed E-state index contributed by atoms with van der Waals surface area (Å²) in [6.07, 6.45) is 0. The van der Waals surface area contributed by atoms with Crippen molar-refractivity contribution in [1.29, 1.82) is 0 Å². The van der Waals surface area contributed by atoms with Crippen LogP contribution < -0.4 is 34.3 Å². The van der Waals surface area contributed by atoms with Crippen molar-refractivity contribution in [3.63, 3.8) is 0 Å². The number of hydrogen-bond acceptors (Lipinski definition) is 5. The molecule has 0 atom stereocenters. The zero-order valence-electron chi connectivity index (χ0n) is 8.10.